The van der Waals surface area contributed by atoms with Crippen LogP contribution in [-0.4, -0.2) is 30.8 Å². The lowest BCUT2D eigenvalue weighted by Crippen LogP contribution is -2.41. The smallest absolute Gasteiger partial charge is 0.400 e. The van der Waals surface area contributed by atoms with Crippen LogP contribution in [0.5, 0.6) is 0 Å². The lowest BCUT2D eigenvalue weighted by molar-refractivity contribution is -0.118. The third-order valence-corrected chi connectivity index (χ3v) is 5.16. The molecule has 1 saturated heterocycles. The molecule has 2 rings (SSSR count). The van der Waals surface area contributed by atoms with Gasteiger partial charge in [0.1, 0.15) is 0 Å². The molecule has 1 aliphatic heterocycles. The maximum Gasteiger partial charge on any atom is 0.492 e. The Kier molecular flexibility index (Phi) is 5.47. The van der Waals surface area contributed by atoms with Gasteiger partial charge in [-0.15, -0.1) is 0 Å². The number of carbonyl (C=O) groups excluding carboxylic acids is 1. The van der Waals surface area contributed by atoms with Gasteiger partial charge in [-0.05, 0) is 66.8 Å². The molecule has 5 nitrogen and oxygen atoms in total. The number of halogens is 1. The van der Waals surface area contributed by atoms with Crippen LogP contribution >= 0.6 is 15.9 Å². The molecule has 1 aromatic rings. The minimum atomic E-state index is -0.516. The molecule has 0 aliphatic carbocycles. The average molecular weight is 395 g/mol. The van der Waals surface area contributed by atoms with Gasteiger partial charge in [-0.1, -0.05) is 12.1 Å². The standard InChI is InChI=1S/C17H24BBrN2O3/c1-11(22)21-10-13(8-12-6-7-15(20)14(19)9-12)18-23-16(2,3)17(4,5)24-18/h6-9H,10,20H2,1-5H3,(H,21,22). The van der Waals surface area contributed by atoms with Gasteiger partial charge in [-0.2, -0.15) is 0 Å². The summed E-state index contributed by atoms with van der Waals surface area (Å²) in [6, 6.07) is 5.67. The van der Waals surface area contributed by atoms with Crippen molar-refractivity contribution in [2.24, 2.45) is 0 Å². The second-order valence-corrected chi connectivity index (χ2v) is 7.85. The topological polar surface area (TPSA) is 73.6 Å². The zero-order valence-electron chi connectivity index (χ0n) is 14.8. The number of carbonyl (C=O) groups is 1. The molecular formula is C17H24BBrN2O3. The summed E-state index contributed by atoms with van der Waals surface area (Å²) >= 11 is 3.43. The number of rotatable bonds is 4. The Morgan fingerprint density at radius 1 is 1.29 bits per heavy atom. The Morgan fingerprint density at radius 3 is 2.38 bits per heavy atom. The van der Waals surface area contributed by atoms with Crippen LogP contribution < -0.4 is 11.1 Å². The predicted molar refractivity (Wildman–Crippen MR) is 101 cm³/mol. The van der Waals surface area contributed by atoms with Crippen molar-refractivity contribution in [2.45, 2.75) is 45.8 Å². The highest BCUT2D eigenvalue weighted by Gasteiger charge is 2.52. The highest BCUT2D eigenvalue weighted by Crippen LogP contribution is 2.38. The predicted octanol–water partition coefficient (Wildman–Crippen LogP) is 3.18. The van der Waals surface area contributed by atoms with Crippen molar-refractivity contribution < 1.29 is 14.1 Å². The van der Waals surface area contributed by atoms with E-state index in [2.05, 4.69) is 21.2 Å². The first-order valence-electron chi connectivity index (χ1n) is 7.87. The lowest BCUT2D eigenvalue weighted by Gasteiger charge is -2.32. The Bertz CT molecular complexity index is 658. The van der Waals surface area contributed by atoms with Crippen LogP contribution in [0.3, 0.4) is 0 Å². The van der Waals surface area contributed by atoms with Crippen molar-refractivity contribution >= 4 is 40.7 Å². The van der Waals surface area contributed by atoms with E-state index < -0.39 is 18.3 Å². The quantitative estimate of drug-likeness (QED) is 0.607. The molecule has 0 atom stereocenters. The molecule has 0 spiro atoms. The lowest BCUT2D eigenvalue weighted by atomic mass is 9.77. The van der Waals surface area contributed by atoms with E-state index >= 15 is 0 Å². The van der Waals surface area contributed by atoms with E-state index in [1.165, 1.54) is 6.92 Å². The van der Waals surface area contributed by atoms with Gasteiger partial charge in [0, 0.05) is 23.6 Å². The van der Waals surface area contributed by atoms with Crippen LogP contribution in [0, 0.1) is 0 Å². The first-order valence-corrected chi connectivity index (χ1v) is 8.67. The molecule has 0 bridgehead atoms. The van der Waals surface area contributed by atoms with Gasteiger partial charge in [0.25, 0.3) is 0 Å². The fourth-order valence-corrected chi connectivity index (χ4v) is 2.67. The minimum Gasteiger partial charge on any atom is -0.400 e. The summed E-state index contributed by atoms with van der Waals surface area (Å²) in [6.07, 6.45) is 1.96. The molecule has 1 fully saturated rings. The molecule has 3 N–H and O–H groups in total. The molecule has 0 saturated carbocycles. The van der Waals surface area contributed by atoms with Gasteiger partial charge in [0.2, 0.25) is 5.91 Å². The van der Waals surface area contributed by atoms with E-state index in [-0.39, 0.29) is 5.91 Å². The second-order valence-electron chi connectivity index (χ2n) is 7.00. The van der Waals surface area contributed by atoms with Crippen LogP contribution in [-0.2, 0) is 14.1 Å². The number of nitrogens with two attached hydrogens (primary N) is 1. The average Bonchev–Trinajstić information content (AvgIpc) is 2.67. The van der Waals surface area contributed by atoms with Gasteiger partial charge in [-0.3, -0.25) is 4.79 Å². The number of amides is 1. The number of hydrogen-bond acceptors (Lipinski definition) is 4. The van der Waals surface area contributed by atoms with Crippen molar-refractivity contribution in [1.82, 2.24) is 5.32 Å². The molecule has 7 heteroatoms. The first kappa shape index (κ1) is 19.0. The molecule has 0 unspecified atom stereocenters. The normalized spacial score (nSPS) is 19.4. The summed E-state index contributed by atoms with van der Waals surface area (Å²) in [5.41, 5.74) is 7.44. The van der Waals surface area contributed by atoms with Crippen molar-refractivity contribution in [2.75, 3.05) is 12.3 Å². The maximum atomic E-state index is 11.3. The van der Waals surface area contributed by atoms with Gasteiger partial charge >= 0.3 is 7.12 Å². The fraction of sp³-hybridized carbons (Fsp3) is 0.471. The Balaban J connectivity index is 2.33. The third-order valence-electron chi connectivity index (χ3n) is 4.47. The SMILES string of the molecule is CC(=O)NCC(=Cc1ccc(N)c(Br)c1)B1OC(C)(C)C(C)(C)O1. The van der Waals surface area contributed by atoms with Crippen molar-refractivity contribution in [1.29, 1.82) is 0 Å². The van der Waals surface area contributed by atoms with Crippen molar-refractivity contribution in [3.05, 3.63) is 33.7 Å². The zero-order chi connectivity index (χ0) is 18.1. The van der Waals surface area contributed by atoms with Gasteiger partial charge in [0.05, 0.1) is 11.2 Å². The Hall–Kier alpha value is -1.31. The Morgan fingerprint density at radius 2 is 1.88 bits per heavy atom. The van der Waals surface area contributed by atoms with Gasteiger partial charge < -0.3 is 20.4 Å². The minimum absolute atomic E-state index is 0.101. The summed E-state index contributed by atoms with van der Waals surface area (Å²) in [6.45, 7) is 9.85. The number of anilines is 1. The molecule has 0 aromatic heterocycles. The number of nitrogens with one attached hydrogen (secondary N) is 1. The van der Waals surface area contributed by atoms with Crippen LogP contribution in [0.1, 0.15) is 40.2 Å². The van der Waals surface area contributed by atoms with E-state index in [4.69, 9.17) is 15.0 Å². The monoisotopic (exact) mass is 394 g/mol. The molecule has 130 valence electrons. The van der Waals surface area contributed by atoms with Crippen LogP contribution in [0.4, 0.5) is 5.69 Å². The van der Waals surface area contributed by atoms with Gasteiger partial charge in [0.15, 0.2) is 0 Å². The fourth-order valence-electron chi connectivity index (χ4n) is 2.27. The van der Waals surface area contributed by atoms with E-state index in [0.717, 1.165) is 15.5 Å². The number of benzene rings is 1. The Labute approximate surface area is 152 Å². The largest absolute Gasteiger partial charge is 0.492 e. The first-order chi connectivity index (χ1) is 11.0. The van der Waals surface area contributed by atoms with Crippen molar-refractivity contribution in [3.63, 3.8) is 0 Å². The summed E-state index contributed by atoms with van der Waals surface area (Å²) in [5.74, 6) is -0.101. The summed E-state index contributed by atoms with van der Waals surface area (Å²) in [5, 5.41) is 2.82. The highest BCUT2D eigenvalue weighted by molar-refractivity contribution is 9.10. The third kappa shape index (κ3) is 4.20. The number of hydrogen-bond donors (Lipinski definition) is 2. The zero-order valence-corrected chi connectivity index (χ0v) is 16.4. The summed E-state index contributed by atoms with van der Waals surface area (Å²) in [7, 11) is -0.516. The molecule has 1 amide bonds. The van der Waals surface area contributed by atoms with Crippen LogP contribution in [0.25, 0.3) is 6.08 Å². The van der Waals surface area contributed by atoms with Crippen LogP contribution in [0.2, 0.25) is 0 Å². The summed E-state index contributed by atoms with van der Waals surface area (Å²) in [4.78, 5) is 11.3. The maximum absolute atomic E-state index is 11.3. The summed E-state index contributed by atoms with van der Waals surface area (Å²) < 4.78 is 13.0. The molecule has 1 aliphatic rings. The van der Waals surface area contributed by atoms with Gasteiger partial charge in [-0.25, -0.2) is 0 Å². The molecule has 1 aromatic carbocycles. The van der Waals surface area contributed by atoms with E-state index in [1.807, 2.05) is 52.0 Å². The molecular weight excluding hydrogens is 371 g/mol. The highest BCUT2D eigenvalue weighted by atomic mass is 79.9. The molecule has 24 heavy (non-hydrogen) atoms. The molecule has 1 heterocycles. The second kappa shape index (κ2) is 6.90. The van der Waals surface area contributed by atoms with E-state index in [1.54, 1.807) is 0 Å². The molecule has 0 radical (unpaired) electrons. The number of nitrogen functional groups attached to an aromatic ring is 1. The van der Waals surface area contributed by atoms with E-state index in [0.29, 0.717) is 12.2 Å². The van der Waals surface area contributed by atoms with Crippen molar-refractivity contribution in [3.8, 4) is 0 Å². The van der Waals surface area contributed by atoms with Crippen LogP contribution in [0.15, 0.2) is 28.1 Å². The van der Waals surface area contributed by atoms with E-state index in [9.17, 15) is 4.79 Å².